The number of hydrogen-bond donors (Lipinski definition) is 1. The van der Waals surface area contributed by atoms with E-state index in [-0.39, 0.29) is 6.04 Å². The van der Waals surface area contributed by atoms with Gasteiger partial charge < -0.3 is 5.73 Å². The lowest BCUT2D eigenvalue weighted by Crippen LogP contribution is -2.32. The molecular formula is C13H18BrClN2. The molecule has 2 unspecified atom stereocenters. The molecule has 0 saturated carbocycles. The van der Waals surface area contributed by atoms with E-state index in [1.54, 1.807) is 0 Å². The van der Waals surface area contributed by atoms with Crippen molar-refractivity contribution in [1.29, 1.82) is 0 Å². The van der Waals surface area contributed by atoms with E-state index >= 15 is 0 Å². The Bertz CT molecular complexity index is 397. The number of likely N-dealkylation sites (tertiary alicyclic amines) is 1. The first-order valence-corrected chi connectivity index (χ1v) is 7.18. The van der Waals surface area contributed by atoms with Gasteiger partial charge in [0, 0.05) is 28.6 Å². The van der Waals surface area contributed by atoms with E-state index in [2.05, 4.69) is 33.8 Å². The first-order chi connectivity index (χ1) is 8.11. The molecule has 4 heteroatoms. The molecule has 0 radical (unpaired) electrons. The smallest absolute Gasteiger partial charge is 0.0485 e. The predicted molar refractivity (Wildman–Crippen MR) is 76.3 cm³/mol. The van der Waals surface area contributed by atoms with Crippen molar-refractivity contribution < 1.29 is 0 Å². The van der Waals surface area contributed by atoms with Crippen molar-refractivity contribution in [3.63, 3.8) is 0 Å². The van der Waals surface area contributed by atoms with Crippen LogP contribution in [0.2, 0.25) is 5.02 Å². The van der Waals surface area contributed by atoms with E-state index in [0.29, 0.717) is 6.54 Å². The molecule has 2 rings (SSSR count). The summed E-state index contributed by atoms with van der Waals surface area (Å²) in [7, 11) is 0. The molecule has 0 aromatic heterocycles. The molecule has 2 atom stereocenters. The van der Waals surface area contributed by atoms with Crippen LogP contribution < -0.4 is 5.73 Å². The van der Waals surface area contributed by atoms with Crippen LogP contribution in [0.3, 0.4) is 0 Å². The van der Waals surface area contributed by atoms with Crippen molar-refractivity contribution in [3.05, 3.63) is 33.3 Å². The second-order valence-electron chi connectivity index (χ2n) is 4.81. The zero-order valence-corrected chi connectivity index (χ0v) is 12.3. The highest BCUT2D eigenvalue weighted by Crippen LogP contribution is 2.32. The van der Waals surface area contributed by atoms with Crippen LogP contribution in [0.25, 0.3) is 0 Å². The first kappa shape index (κ1) is 13.3. The fraction of sp³-hybridized carbons (Fsp3) is 0.538. The molecule has 2 nitrogen and oxygen atoms in total. The molecule has 1 saturated heterocycles. The Morgan fingerprint density at radius 2 is 2.35 bits per heavy atom. The van der Waals surface area contributed by atoms with Crippen molar-refractivity contribution >= 4 is 27.5 Å². The lowest BCUT2D eigenvalue weighted by atomic mass is 10.1. The molecule has 1 fully saturated rings. The van der Waals surface area contributed by atoms with Crippen molar-refractivity contribution in [2.45, 2.75) is 19.4 Å². The van der Waals surface area contributed by atoms with E-state index < -0.39 is 0 Å². The molecule has 0 spiro atoms. The van der Waals surface area contributed by atoms with Crippen molar-refractivity contribution in [3.8, 4) is 0 Å². The Kier molecular flexibility index (Phi) is 4.47. The third-order valence-corrected chi connectivity index (χ3v) is 4.27. The minimum atomic E-state index is 0.241. The molecular weight excluding hydrogens is 300 g/mol. The van der Waals surface area contributed by atoms with Gasteiger partial charge >= 0.3 is 0 Å². The van der Waals surface area contributed by atoms with Crippen LogP contribution in [0.5, 0.6) is 0 Å². The fourth-order valence-corrected chi connectivity index (χ4v) is 3.12. The molecule has 1 heterocycles. The molecule has 2 N–H and O–H groups in total. The van der Waals surface area contributed by atoms with Gasteiger partial charge in [-0.15, -0.1) is 0 Å². The number of nitrogens with two attached hydrogens (primary N) is 1. The molecule has 1 aromatic rings. The Labute approximate surface area is 116 Å². The summed E-state index contributed by atoms with van der Waals surface area (Å²) in [6.07, 6.45) is 1.25. The van der Waals surface area contributed by atoms with Crippen LogP contribution in [-0.4, -0.2) is 24.5 Å². The first-order valence-electron chi connectivity index (χ1n) is 6.01. The lowest BCUT2D eigenvalue weighted by molar-refractivity contribution is 0.244. The standard InChI is InChI=1S/C13H18BrClN2/c1-9-4-5-17(8-9)13(7-16)11-6-10(14)2-3-12(11)15/h2-3,6,9,13H,4-5,7-8,16H2,1H3. The van der Waals surface area contributed by atoms with Gasteiger partial charge in [-0.3, -0.25) is 4.90 Å². The molecule has 1 aliphatic heterocycles. The third kappa shape index (κ3) is 3.02. The van der Waals surface area contributed by atoms with E-state index in [1.807, 2.05) is 12.1 Å². The van der Waals surface area contributed by atoms with Crippen molar-refractivity contribution in [2.24, 2.45) is 11.7 Å². The Balaban J connectivity index is 2.25. The van der Waals surface area contributed by atoms with Crippen LogP contribution in [0.4, 0.5) is 0 Å². The zero-order chi connectivity index (χ0) is 12.4. The maximum absolute atomic E-state index is 6.28. The van der Waals surface area contributed by atoms with Gasteiger partial charge in [0.25, 0.3) is 0 Å². The van der Waals surface area contributed by atoms with Crippen LogP contribution in [-0.2, 0) is 0 Å². The molecule has 0 bridgehead atoms. The van der Waals surface area contributed by atoms with Gasteiger partial charge in [0.05, 0.1) is 0 Å². The van der Waals surface area contributed by atoms with Crippen LogP contribution in [0.1, 0.15) is 24.9 Å². The van der Waals surface area contributed by atoms with Crippen LogP contribution in [0.15, 0.2) is 22.7 Å². The average molecular weight is 318 g/mol. The molecule has 1 aromatic carbocycles. The van der Waals surface area contributed by atoms with E-state index in [1.165, 1.54) is 6.42 Å². The number of rotatable bonds is 3. The maximum atomic E-state index is 6.28. The number of hydrogen-bond acceptors (Lipinski definition) is 2. The summed E-state index contributed by atoms with van der Waals surface area (Å²) >= 11 is 9.78. The van der Waals surface area contributed by atoms with Gasteiger partial charge in [-0.1, -0.05) is 34.5 Å². The molecule has 1 aliphatic rings. The maximum Gasteiger partial charge on any atom is 0.0485 e. The molecule has 17 heavy (non-hydrogen) atoms. The zero-order valence-electron chi connectivity index (χ0n) is 10.00. The quantitative estimate of drug-likeness (QED) is 0.925. The van der Waals surface area contributed by atoms with E-state index in [4.69, 9.17) is 17.3 Å². The lowest BCUT2D eigenvalue weighted by Gasteiger charge is -2.27. The Hall–Kier alpha value is -0.0900. The minimum absolute atomic E-state index is 0.241. The fourth-order valence-electron chi connectivity index (χ4n) is 2.49. The summed E-state index contributed by atoms with van der Waals surface area (Å²) in [5.74, 6) is 0.759. The van der Waals surface area contributed by atoms with Gasteiger partial charge in [0.15, 0.2) is 0 Å². The summed E-state index contributed by atoms with van der Waals surface area (Å²) in [4.78, 5) is 2.44. The summed E-state index contributed by atoms with van der Waals surface area (Å²) in [5.41, 5.74) is 7.07. The molecule has 0 amide bonds. The average Bonchev–Trinajstić information content (AvgIpc) is 2.71. The summed E-state index contributed by atoms with van der Waals surface area (Å²) in [5, 5.41) is 0.809. The monoisotopic (exact) mass is 316 g/mol. The van der Waals surface area contributed by atoms with Gasteiger partial charge in [-0.2, -0.15) is 0 Å². The Morgan fingerprint density at radius 3 is 2.94 bits per heavy atom. The normalized spacial score (nSPS) is 22.9. The van der Waals surface area contributed by atoms with Gasteiger partial charge in [-0.25, -0.2) is 0 Å². The number of nitrogens with zero attached hydrogens (tertiary/aromatic N) is 1. The SMILES string of the molecule is CC1CCN(C(CN)c2cc(Br)ccc2Cl)C1. The van der Waals surface area contributed by atoms with Crippen molar-refractivity contribution in [1.82, 2.24) is 4.90 Å². The second kappa shape index (κ2) is 5.70. The minimum Gasteiger partial charge on any atom is -0.329 e. The van der Waals surface area contributed by atoms with Gasteiger partial charge in [0.2, 0.25) is 0 Å². The molecule has 94 valence electrons. The largest absolute Gasteiger partial charge is 0.329 e. The second-order valence-corrected chi connectivity index (χ2v) is 6.13. The number of benzene rings is 1. The van der Waals surface area contributed by atoms with Crippen molar-refractivity contribution in [2.75, 3.05) is 19.6 Å². The third-order valence-electron chi connectivity index (χ3n) is 3.44. The van der Waals surface area contributed by atoms with Gasteiger partial charge in [-0.05, 0) is 42.6 Å². The highest BCUT2D eigenvalue weighted by atomic mass is 79.9. The highest BCUT2D eigenvalue weighted by Gasteiger charge is 2.27. The summed E-state index contributed by atoms with van der Waals surface area (Å²) < 4.78 is 1.06. The van der Waals surface area contributed by atoms with E-state index in [0.717, 1.165) is 34.1 Å². The topological polar surface area (TPSA) is 29.3 Å². The Morgan fingerprint density at radius 1 is 1.59 bits per heavy atom. The number of halogens is 2. The molecule has 0 aliphatic carbocycles. The van der Waals surface area contributed by atoms with E-state index in [9.17, 15) is 0 Å². The van der Waals surface area contributed by atoms with Gasteiger partial charge in [0.1, 0.15) is 0 Å². The predicted octanol–water partition coefficient (Wildman–Crippen LogP) is 3.44. The van der Waals surface area contributed by atoms with Crippen LogP contribution >= 0.6 is 27.5 Å². The van der Waals surface area contributed by atoms with Crippen LogP contribution in [0, 0.1) is 5.92 Å². The summed E-state index contributed by atoms with van der Waals surface area (Å²) in [6.45, 7) is 5.13. The summed E-state index contributed by atoms with van der Waals surface area (Å²) in [6, 6.07) is 6.22. The highest BCUT2D eigenvalue weighted by molar-refractivity contribution is 9.10.